The van der Waals surface area contributed by atoms with Crippen molar-refractivity contribution in [2.45, 2.75) is 23.5 Å². The minimum atomic E-state index is -4.40. The van der Waals surface area contributed by atoms with Crippen LogP contribution in [0.4, 0.5) is 24.9 Å². The fourth-order valence-electron chi connectivity index (χ4n) is 2.87. The van der Waals surface area contributed by atoms with E-state index in [0.29, 0.717) is 22.3 Å². The summed E-state index contributed by atoms with van der Waals surface area (Å²) in [6.07, 6.45) is -4.40. The first-order valence-electron chi connectivity index (χ1n) is 9.93. The van der Waals surface area contributed by atoms with Crippen LogP contribution in [0.25, 0.3) is 0 Å². The predicted octanol–water partition coefficient (Wildman–Crippen LogP) is 5.25. The number of rotatable bonds is 8. The van der Waals surface area contributed by atoms with E-state index in [9.17, 15) is 18.0 Å². The molecule has 174 valence electrons. The molecule has 10 heteroatoms. The second kappa shape index (κ2) is 10.6. The summed E-state index contributed by atoms with van der Waals surface area (Å²) >= 11 is 1.37. The summed E-state index contributed by atoms with van der Waals surface area (Å²) in [6, 6.07) is 14.5. The van der Waals surface area contributed by atoms with Gasteiger partial charge in [-0.1, -0.05) is 42.5 Å². The van der Waals surface area contributed by atoms with Crippen molar-refractivity contribution < 1.29 is 22.7 Å². The van der Waals surface area contributed by atoms with E-state index in [2.05, 4.69) is 15.3 Å². The van der Waals surface area contributed by atoms with Crippen LogP contribution >= 0.6 is 11.8 Å². The van der Waals surface area contributed by atoms with Gasteiger partial charge in [0.25, 0.3) is 0 Å². The molecule has 0 amide bonds. The zero-order valence-electron chi connectivity index (χ0n) is 18.3. The average Bonchev–Trinajstić information content (AvgIpc) is 2.80. The number of ether oxygens (including phenoxy) is 1. The SMILES string of the molecule is COC(=O)c1c(NCc2ccc(C(F)(F)F)cc2)nc(N(C)C)nc1SCc1ccccc1. The Morgan fingerprint density at radius 1 is 1.03 bits per heavy atom. The second-order valence-corrected chi connectivity index (χ2v) is 8.22. The molecule has 0 spiro atoms. The first-order chi connectivity index (χ1) is 15.7. The zero-order chi connectivity index (χ0) is 24.0. The number of alkyl halides is 3. The highest BCUT2D eigenvalue weighted by Gasteiger charge is 2.30. The van der Waals surface area contributed by atoms with Gasteiger partial charge in [0.1, 0.15) is 16.4 Å². The Bertz CT molecular complexity index is 1090. The van der Waals surface area contributed by atoms with Crippen molar-refractivity contribution in [3.63, 3.8) is 0 Å². The van der Waals surface area contributed by atoms with Crippen LogP contribution in [0, 0.1) is 0 Å². The second-order valence-electron chi connectivity index (χ2n) is 7.26. The molecule has 0 unspecified atom stereocenters. The molecule has 0 saturated heterocycles. The number of carbonyl (C=O) groups excluding carboxylic acids is 1. The lowest BCUT2D eigenvalue weighted by atomic mass is 10.1. The Balaban J connectivity index is 1.91. The average molecular weight is 477 g/mol. The maximum Gasteiger partial charge on any atom is 0.416 e. The first kappa shape index (κ1) is 24.4. The number of hydrogen-bond donors (Lipinski definition) is 1. The molecule has 0 atom stereocenters. The molecule has 0 fully saturated rings. The first-order valence-corrected chi connectivity index (χ1v) is 10.9. The molecular weight excluding hydrogens is 453 g/mol. The van der Waals surface area contributed by atoms with Gasteiger partial charge in [-0.25, -0.2) is 9.78 Å². The summed E-state index contributed by atoms with van der Waals surface area (Å²) in [4.78, 5) is 23.3. The third kappa shape index (κ3) is 6.38. The summed E-state index contributed by atoms with van der Waals surface area (Å²) in [5, 5.41) is 3.51. The van der Waals surface area contributed by atoms with E-state index in [1.807, 2.05) is 30.3 Å². The van der Waals surface area contributed by atoms with E-state index in [0.717, 1.165) is 17.7 Å². The molecule has 1 heterocycles. The normalized spacial score (nSPS) is 11.2. The number of nitrogens with one attached hydrogen (secondary N) is 1. The largest absolute Gasteiger partial charge is 0.465 e. The smallest absolute Gasteiger partial charge is 0.416 e. The highest BCUT2D eigenvalue weighted by Crippen LogP contribution is 2.32. The Hall–Kier alpha value is -3.27. The molecule has 0 aliphatic rings. The summed E-state index contributed by atoms with van der Waals surface area (Å²) < 4.78 is 43.4. The molecule has 0 radical (unpaired) electrons. The molecular formula is C23H23F3N4O2S. The van der Waals surface area contributed by atoms with Gasteiger partial charge in [0, 0.05) is 26.4 Å². The van der Waals surface area contributed by atoms with Gasteiger partial charge < -0.3 is 15.0 Å². The van der Waals surface area contributed by atoms with Gasteiger partial charge in [-0.05, 0) is 23.3 Å². The lowest BCUT2D eigenvalue weighted by molar-refractivity contribution is -0.137. The minimum absolute atomic E-state index is 0.162. The third-order valence-corrected chi connectivity index (χ3v) is 5.66. The van der Waals surface area contributed by atoms with Crippen LogP contribution in [0.3, 0.4) is 0 Å². The molecule has 3 rings (SSSR count). The van der Waals surface area contributed by atoms with Crippen LogP contribution in [0.2, 0.25) is 0 Å². The van der Waals surface area contributed by atoms with Crippen LogP contribution in [0.5, 0.6) is 0 Å². The van der Waals surface area contributed by atoms with Gasteiger partial charge in [0.2, 0.25) is 5.95 Å². The molecule has 1 N–H and O–H groups in total. The molecule has 0 bridgehead atoms. The van der Waals surface area contributed by atoms with Crippen LogP contribution in [0.15, 0.2) is 59.6 Å². The molecule has 3 aromatic rings. The van der Waals surface area contributed by atoms with Crippen molar-refractivity contribution in [1.82, 2.24) is 9.97 Å². The van der Waals surface area contributed by atoms with E-state index < -0.39 is 17.7 Å². The van der Waals surface area contributed by atoms with Gasteiger partial charge in [0.05, 0.1) is 12.7 Å². The van der Waals surface area contributed by atoms with Crippen molar-refractivity contribution in [3.05, 3.63) is 76.9 Å². The third-order valence-electron chi connectivity index (χ3n) is 4.61. The van der Waals surface area contributed by atoms with Crippen LogP contribution in [-0.4, -0.2) is 37.1 Å². The summed E-state index contributed by atoms with van der Waals surface area (Å²) in [6.45, 7) is 0.162. The van der Waals surface area contributed by atoms with Gasteiger partial charge in [-0.3, -0.25) is 0 Å². The van der Waals surface area contributed by atoms with Crippen molar-refractivity contribution in [1.29, 1.82) is 0 Å². The number of anilines is 2. The predicted molar refractivity (Wildman–Crippen MR) is 122 cm³/mol. The van der Waals surface area contributed by atoms with Gasteiger partial charge in [0.15, 0.2) is 0 Å². The Labute approximate surface area is 194 Å². The van der Waals surface area contributed by atoms with Crippen LogP contribution in [-0.2, 0) is 23.2 Å². The lowest BCUT2D eigenvalue weighted by Gasteiger charge is -2.18. The summed E-state index contributed by atoms with van der Waals surface area (Å²) in [5.41, 5.74) is 1.11. The van der Waals surface area contributed by atoms with Crippen molar-refractivity contribution in [3.8, 4) is 0 Å². The number of carbonyl (C=O) groups is 1. The Morgan fingerprint density at radius 2 is 1.70 bits per heavy atom. The standard InChI is InChI=1S/C23H23F3N4O2S/c1-30(2)22-28-19(27-13-15-9-11-17(12-10-15)23(24,25)26)18(21(31)32-3)20(29-22)33-14-16-7-5-4-6-8-16/h4-12H,13-14H2,1-3H3,(H,27,28,29). The van der Waals surface area contributed by atoms with E-state index >= 15 is 0 Å². The summed E-state index contributed by atoms with van der Waals surface area (Å²) in [5.74, 6) is 0.600. The number of halogens is 3. The van der Waals surface area contributed by atoms with Gasteiger partial charge in [-0.15, -0.1) is 11.8 Å². The van der Waals surface area contributed by atoms with Crippen LogP contribution < -0.4 is 10.2 Å². The fraction of sp³-hybridized carbons (Fsp3) is 0.261. The number of hydrogen-bond acceptors (Lipinski definition) is 7. The molecule has 0 aliphatic heterocycles. The van der Waals surface area contributed by atoms with E-state index in [4.69, 9.17) is 4.74 Å². The number of esters is 1. The van der Waals surface area contributed by atoms with E-state index in [-0.39, 0.29) is 17.9 Å². The topological polar surface area (TPSA) is 67.3 Å². The highest BCUT2D eigenvalue weighted by molar-refractivity contribution is 7.98. The molecule has 2 aromatic carbocycles. The minimum Gasteiger partial charge on any atom is -0.465 e. The molecule has 1 aromatic heterocycles. The quantitative estimate of drug-likeness (QED) is 0.271. The number of nitrogens with zero attached hydrogens (tertiary/aromatic N) is 3. The van der Waals surface area contributed by atoms with E-state index in [1.165, 1.54) is 31.0 Å². The molecule has 0 saturated carbocycles. The number of thioether (sulfide) groups is 1. The van der Waals surface area contributed by atoms with E-state index in [1.54, 1.807) is 19.0 Å². The van der Waals surface area contributed by atoms with Gasteiger partial charge >= 0.3 is 12.1 Å². The molecule has 0 aliphatic carbocycles. The maximum absolute atomic E-state index is 12.8. The summed E-state index contributed by atoms with van der Waals surface area (Å²) in [7, 11) is 4.82. The lowest BCUT2D eigenvalue weighted by Crippen LogP contribution is -2.18. The monoisotopic (exact) mass is 476 g/mol. The van der Waals surface area contributed by atoms with Crippen molar-refractivity contribution in [2.24, 2.45) is 0 Å². The number of benzene rings is 2. The molecule has 33 heavy (non-hydrogen) atoms. The highest BCUT2D eigenvalue weighted by atomic mass is 32.2. The maximum atomic E-state index is 12.8. The van der Waals surface area contributed by atoms with Crippen molar-refractivity contribution >= 4 is 29.5 Å². The van der Waals surface area contributed by atoms with Gasteiger partial charge in [-0.2, -0.15) is 18.2 Å². The number of methoxy groups -OCH3 is 1. The van der Waals surface area contributed by atoms with Crippen LogP contribution in [0.1, 0.15) is 27.0 Å². The molecule has 6 nitrogen and oxygen atoms in total. The Kier molecular flexibility index (Phi) is 7.80. The van der Waals surface area contributed by atoms with Crippen molar-refractivity contribution in [2.75, 3.05) is 31.4 Å². The number of aromatic nitrogens is 2. The Morgan fingerprint density at radius 3 is 2.27 bits per heavy atom. The fourth-order valence-corrected chi connectivity index (χ4v) is 3.84. The zero-order valence-corrected chi connectivity index (χ0v) is 19.1.